The number of rotatable bonds is 11. The van der Waals surface area contributed by atoms with Crippen LogP contribution in [0.15, 0.2) is 81.2 Å². The number of ketones is 1. The lowest BCUT2D eigenvalue weighted by Crippen LogP contribution is -2.32. The number of aromatic nitrogens is 12. The maximum atomic E-state index is 11.6. The van der Waals surface area contributed by atoms with E-state index in [-0.39, 0.29) is 49.5 Å². The first-order chi connectivity index (χ1) is 56.9. The molecule has 1 aromatic carbocycles. The third kappa shape index (κ3) is 19.8. The van der Waals surface area contributed by atoms with Crippen LogP contribution in [0.3, 0.4) is 0 Å². The van der Waals surface area contributed by atoms with Crippen molar-refractivity contribution in [1.82, 2.24) is 59.4 Å². The summed E-state index contributed by atoms with van der Waals surface area (Å²) in [5.74, 6) is 3.90. The summed E-state index contributed by atoms with van der Waals surface area (Å²) in [6, 6.07) is 7.16. The average Bonchev–Trinajstić information content (AvgIpc) is 1.66. The molecule has 22 rings (SSSR count). The first-order valence-electron chi connectivity index (χ1n) is 42.1. The topological polar surface area (TPSA) is 329 Å². The number of ether oxygens (including phenoxy) is 2. The third-order valence-corrected chi connectivity index (χ3v) is 35.9. The van der Waals surface area contributed by atoms with Gasteiger partial charge in [0.1, 0.15) is 28.4 Å². The summed E-state index contributed by atoms with van der Waals surface area (Å²) in [6.45, 7) is 8.15. The van der Waals surface area contributed by atoms with E-state index in [1.165, 1.54) is 200 Å². The number of halogens is 3. The number of allylic oxidation sites excluding steroid dienone is 2. The lowest BCUT2D eigenvalue weighted by Gasteiger charge is -2.36. The van der Waals surface area contributed by atoms with Crippen molar-refractivity contribution in [1.29, 1.82) is 0 Å². The van der Waals surface area contributed by atoms with Gasteiger partial charge in [0.25, 0.3) is 11.1 Å². The summed E-state index contributed by atoms with van der Waals surface area (Å²) in [5.41, 5.74) is 9.22. The Morgan fingerprint density at radius 1 is 0.576 bits per heavy atom. The van der Waals surface area contributed by atoms with E-state index in [1.54, 1.807) is 49.5 Å². The van der Waals surface area contributed by atoms with Gasteiger partial charge in [-0.3, -0.25) is 24.2 Å². The number of nitrogens with one attached hydrogen (secondary N) is 6. The second kappa shape index (κ2) is 37.4. The SMILES string of the molecule is CCC=C1CCC1.CCOC(=O)C1SC2(CCC2)CC1=O.COc1cc(Nc2nc3c(c(NC4CCCC4)n2)SC2(CCC2)C3)ccc1-n1cnc(C)c1.Cc1nc2c(c(=O)[nH]1)SC1(CCC1)C2.Clc1nc(Cl)c2c(n1)CC1(CCC1)S2.Clc1nc2c(c(NC3CCCC3)n1)SC1(CCC1)C2.O=C=O.O=c1[nH]c2c(c(=O)[nH]1)SC1(CCC1)C2. The van der Waals surface area contributed by atoms with Crippen LogP contribution in [0.4, 0.5) is 23.3 Å². The predicted octanol–water partition coefficient (Wildman–Crippen LogP) is 18.8. The van der Waals surface area contributed by atoms with E-state index in [0.717, 1.165) is 130 Å². The van der Waals surface area contributed by atoms with Crippen molar-refractivity contribution in [3.05, 3.63) is 129 Å². The highest BCUT2D eigenvalue weighted by Gasteiger charge is 2.53. The Kier molecular flexibility index (Phi) is 27.4. The summed E-state index contributed by atoms with van der Waals surface area (Å²) in [7, 11) is 1.69. The molecule has 9 saturated carbocycles. The van der Waals surface area contributed by atoms with Crippen molar-refractivity contribution in [2.75, 3.05) is 29.7 Å². The van der Waals surface area contributed by atoms with Gasteiger partial charge < -0.3 is 40.0 Å². The van der Waals surface area contributed by atoms with Crippen LogP contribution in [0.2, 0.25) is 15.7 Å². The minimum Gasteiger partial charge on any atom is -0.494 e. The summed E-state index contributed by atoms with van der Waals surface area (Å²) in [4.78, 5) is 122. The number of nitrogens with zero attached hydrogens (tertiary/aromatic N) is 9. The quantitative estimate of drug-likeness (QED) is 0.0230. The normalized spacial score (nSPS) is 21.7. The molecule has 1 unspecified atom stereocenters. The van der Waals surface area contributed by atoms with Crippen molar-refractivity contribution in [2.45, 2.75) is 329 Å². The first-order valence-corrected chi connectivity index (χ1v) is 48.1. The number of hydrogen-bond donors (Lipinski definition) is 6. The number of esters is 1. The van der Waals surface area contributed by atoms with Crippen molar-refractivity contribution in [2.24, 2.45) is 0 Å². The largest absolute Gasteiger partial charge is 0.494 e. The number of benzene rings is 1. The molecule has 118 heavy (non-hydrogen) atoms. The van der Waals surface area contributed by atoms with Gasteiger partial charge in [0.15, 0.2) is 11.0 Å². The Balaban J connectivity index is 0.000000112. The van der Waals surface area contributed by atoms with E-state index in [0.29, 0.717) is 60.5 Å². The third-order valence-electron chi connectivity index (χ3n) is 25.4. The van der Waals surface area contributed by atoms with Gasteiger partial charge in [0.05, 0.1) is 78.7 Å². The zero-order chi connectivity index (χ0) is 82.6. The van der Waals surface area contributed by atoms with Gasteiger partial charge in [-0.15, -0.1) is 70.6 Å². The molecule has 7 aromatic rings. The number of imidazole rings is 1. The Bertz CT molecular complexity index is 5120. The minimum absolute atomic E-state index is 0.0567. The number of aryl methyl sites for hydroxylation is 2. The van der Waals surface area contributed by atoms with Gasteiger partial charge in [-0.2, -0.15) is 19.6 Å². The van der Waals surface area contributed by atoms with Crippen LogP contribution in [-0.2, 0) is 56.0 Å². The van der Waals surface area contributed by atoms with Crippen molar-refractivity contribution >= 4 is 147 Å². The van der Waals surface area contributed by atoms with E-state index in [4.69, 9.17) is 63.8 Å². The predicted molar refractivity (Wildman–Crippen MR) is 470 cm³/mol. The van der Waals surface area contributed by atoms with Crippen molar-refractivity contribution in [3.8, 4) is 11.4 Å². The van der Waals surface area contributed by atoms with Crippen molar-refractivity contribution < 1.29 is 28.7 Å². The van der Waals surface area contributed by atoms with E-state index >= 15 is 0 Å². The Labute approximate surface area is 728 Å². The molecule has 24 nitrogen and oxygen atoms in total. The molecule has 0 amide bonds. The number of carbonyl (C=O) groups is 2. The van der Waals surface area contributed by atoms with E-state index in [2.05, 4.69) is 73.8 Å². The Hall–Kier alpha value is -6.34. The molecule has 6 aliphatic heterocycles. The highest BCUT2D eigenvalue weighted by Crippen LogP contribution is 2.61. The summed E-state index contributed by atoms with van der Waals surface area (Å²) < 4.78 is 14.4. The van der Waals surface area contributed by atoms with Gasteiger partial charge in [-0.1, -0.05) is 94.4 Å². The van der Waals surface area contributed by atoms with Crippen LogP contribution in [0, 0.1) is 13.8 Å². The van der Waals surface area contributed by atoms with Gasteiger partial charge in [-0.05, 0) is 185 Å². The summed E-state index contributed by atoms with van der Waals surface area (Å²) >= 11 is 28.7. The molecule has 10 fully saturated rings. The molecule has 1 atom stereocenters. The molecule has 630 valence electrons. The van der Waals surface area contributed by atoms with Crippen molar-refractivity contribution in [3.63, 3.8) is 0 Å². The highest BCUT2D eigenvalue weighted by atomic mass is 35.5. The first kappa shape index (κ1) is 86.6. The molecule has 12 heterocycles. The van der Waals surface area contributed by atoms with E-state index in [1.807, 2.05) is 78.1 Å². The van der Waals surface area contributed by atoms with Gasteiger partial charge in [0.2, 0.25) is 16.5 Å². The fourth-order valence-corrected chi connectivity index (χ4v) is 28.1. The van der Waals surface area contributed by atoms with Gasteiger partial charge >= 0.3 is 17.8 Å². The fraction of sp³-hybridized carbons (Fsp3) is 0.600. The summed E-state index contributed by atoms with van der Waals surface area (Å²) in [5, 5.41) is 11.5. The van der Waals surface area contributed by atoms with Crippen LogP contribution in [0.5, 0.6) is 5.75 Å². The minimum atomic E-state index is -0.532. The number of H-pyrrole nitrogens is 3. The molecule has 9 aliphatic carbocycles. The van der Waals surface area contributed by atoms with E-state index < -0.39 is 5.25 Å². The molecule has 0 radical (unpaired) electrons. The maximum absolute atomic E-state index is 11.6. The van der Waals surface area contributed by atoms with Crippen LogP contribution < -0.4 is 37.5 Å². The van der Waals surface area contributed by atoms with Gasteiger partial charge in [0, 0.05) is 103 Å². The molecule has 6 aromatic heterocycles. The number of methoxy groups -OCH3 is 1. The number of fused-ring (bicyclic) bond motifs is 5. The molecular weight excluding hydrogens is 1670 g/mol. The van der Waals surface area contributed by atoms with Crippen LogP contribution in [-0.4, -0.2) is 137 Å². The lowest BCUT2D eigenvalue weighted by molar-refractivity contribution is -0.191. The maximum Gasteiger partial charge on any atom is 0.373 e. The molecule has 6 spiro atoms. The lowest BCUT2D eigenvalue weighted by atomic mass is 9.81. The molecular formula is C85H104Cl3N15O9S6. The Morgan fingerprint density at radius 2 is 1.07 bits per heavy atom. The molecule has 15 aliphatic rings. The number of aromatic amines is 3. The fourth-order valence-electron chi connectivity index (χ4n) is 18.1. The monoisotopic (exact) mass is 1780 g/mol. The highest BCUT2D eigenvalue weighted by molar-refractivity contribution is 8.03. The number of anilines is 4. The molecule has 6 N–H and O–H groups in total. The average molecular weight is 1780 g/mol. The number of carbonyl (C=O) groups excluding carboxylic acids is 4. The standard InChI is InChI=1S/C25H30N6OS.C14H18ClN3S.C10H12N2OS.C10H14O3S.C9H8Cl2N2S.C9H10N2O2S.C7H12.CO2/c1-16-14-31(15-26-16)20-9-8-18(12-21(20)32-2)28-24-29-19-13-25(10-5-11-25)33-22(19)23(30-24)27-17-6-3-4-7-17;15-13-17-10-8-14(6-3-7-14)19-11(10)12(18-13)16-9-4-1-2-5-9;1-6-11-7-5-10(3-2-4-10)14-8(7)9(13)12-6;1-2-13-9(12)8-7(11)6-10(14-8)4-3-5-10;10-7-6-5(12-8(11)13-7)4-9(14-6)2-1-3-9;12-7-6-5(10-8(13)11-7)4-9(14-6)2-1-3-9;1-2-4-7-5-3-6-7;2-1-3/h8-9,12,14-15,17H,3-7,10-11,13H2,1-2H3,(H2,27,28,29,30);9H,1-8H2,(H,16,17,18);2-5H2,1H3,(H,11,12,13);8H,2-6H2,1H3;1-4H2;1-4H2,(H2,10,11,12,13);4H,2-3,5-6H2,1H3;. The number of thioether (sulfide) groups is 6. The Morgan fingerprint density at radius 3 is 1.55 bits per heavy atom. The molecule has 1 saturated heterocycles. The smallest absolute Gasteiger partial charge is 0.373 e. The molecule has 33 heteroatoms. The van der Waals surface area contributed by atoms with E-state index in [9.17, 15) is 24.0 Å². The van der Waals surface area contributed by atoms with Gasteiger partial charge in [-0.25, -0.2) is 34.7 Å². The number of hydrogen-bond acceptors (Lipinski definition) is 26. The van der Waals surface area contributed by atoms with Crippen LogP contribution in [0.25, 0.3) is 5.69 Å². The second-order valence-electron chi connectivity index (χ2n) is 33.9. The second-order valence-corrected chi connectivity index (χ2v) is 43.9. The summed E-state index contributed by atoms with van der Waals surface area (Å²) in [6.07, 6.45) is 50.0. The molecule has 0 bridgehead atoms. The number of Topliss-reactive ketones (excluding diaryl/α,β-unsaturated/α-hetero) is 1. The van der Waals surface area contributed by atoms with Crippen LogP contribution in [0.1, 0.15) is 253 Å². The zero-order valence-electron chi connectivity index (χ0n) is 67.6. The van der Waals surface area contributed by atoms with Crippen LogP contribution >= 0.6 is 105 Å². The zero-order valence-corrected chi connectivity index (χ0v) is 74.8.